The number of amides is 1. The molecule has 1 heterocycles. The number of nitriles is 2. The van der Waals surface area contributed by atoms with Gasteiger partial charge in [0.25, 0.3) is 5.91 Å². The van der Waals surface area contributed by atoms with Gasteiger partial charge in [0.15, 0.2) is 11.5 Å². The summed E-state index contributed by atoms with van der Waals surface area (Å²) in [5.41, 5.74) is 2.16. The molecule has 0 unspecified atom stereocenters. The van der Waals surface area contributed by atoms with Crippen molar-refractivity contribution in [1.82, 2.24) is 5.32 Å². The Kier molecular flexibility index (Phi) is 7.64. The van der Waals surface area contributed by atoms with Crippen molar-refractivity contribution in [3.63, 3.8) is 0 Å². The van der Waals surface area contributed by atoms with Gasteiger partial charge in [0.05, 0.1) is 24.8 Å². The molecule has 7 nitrogen and oxygen atoms in total. The molecule has 1 N–H and O–H groups in total. The molecule has 1 saturated heterocycles. The number of hydrogen-bond acceptors (Lipinski definition) is 6. The van der Waals surface area contributed by atoms with E-state index in [2.05, 4.69) is 11.4 Å². The van der Waals surface area contributed by atoms with Gasteiger partial charge in [-0.15, -0.1) is 0 Å². The number of hydrogen-bond donors (Lipinski definition) is 1. The molecule has 158 valence electrons. The molecule has 1 amide bonds. The maximum Gasteiger partial charge on any atom is 0.262 e. The molecule has 0 saturated carbocycles. The SMILES string of the molecule is COc1cc(/C=C(\C#N)C(=O)NC[C@H]2CCCO2)ccc1OCc1ccc(C#N)cc1. The minimum absolute atomic E-state index is 0.00583. The lowest BCUT2D eigenvalue weighted by Gasteiger charge is -2.12. The van der Waals surface area contributed by atoms with E-state index in [1.54, 1.807) is 30.3 Å². The summed E-state index contributed by atoms with van der Waals surface area (Å²) in [4.78, 5) is 12.3. The number of nitrogens with one attached hydrogen (secondary N) is 1. The first-order chi connectivity index (χ1) is 15.1. The van der Waals surface area contributed by atoms with Gasteiger partial charge in [-0.3, -0.25) is 4.79 Å². The number of ether oxygens (including phenoxy) is 3. The van der Waals surface area contributed by atoms with E-state index in [9.17, 15) is 10.1 Å². The van der Waals surface area contributed by atoms with Gasteiger partial charge in [0.2, 0.25) is 0 Å². The summed E-state index contributed by atoms with van der Waals surface area (Å²) in [5.74, 6) is 0.586. The summed E-state index contributed by atoms with van der Waals surface area (Å²) in [6, 6.07) is 16.3. The van der Waals surface area contributed by atoms with E-state index in [0.717, 1.165) is 18.4 Å². The van der Waals surface area contributed by atoms with E-state index in [1.807, 2.05) is 18.2 Å². The minimum Gasteiger partial charge on any atom is -0.493 e. The van der Waals surface area contributed by atoms with Crippen molar-refractivity contribution >= 4 is 12.0 Å². The first-order valence-electron chi connectivity index (χ1n) is 9.94. The first kappa shape index (κ1) is 21.9. The summed E-state index contributed by atoms with van der Waals surface area (Å²) in [7, 11) is 1.52. The topological polar surface area (TPSA) is 104 Å². The van der Waals surface area contributed by atoms with Crippen LogP contribution in [0, 0.1) is 22.7 Å². The molecular weight excluding hydrogens is 394 g/mol. The highest BCUT2D eigenvalue weighted by Crippen LogP contribution is 2.29. The molecule has 2 aromatic carbocycles. The third-order valence-corrected chi connectivity index (χ3v) is 4.86. The van der Waals surface area contributed by atoms with Crippen molar-refractivity contribution < 1.29 is 19.0 Å². The maximum absolute atomic E-state index is 12.3. The maximum atomic E-state index is 12.3. The van der Waals surface area contributed by atoms with Crippen LogP contribution >= 0.6 is 0 Å². The number of nitrogens with zero attached hydrogens (tertiary/aromatic N) is 2. The third kappa shape index (κ3) is 6.08. The molecule has 31 heavy (non-hydrogen) atoms. The quantitative estimate of drug-likeness (QED) is 0.522. The summed E-state index contributed by atoms with van der Waals surface area (Å²) < 4.78 is 16.7. The van der Waals surface area contributed by atoms with Gasteiger partial charge in [-0.2, -0.15) is 10.5 Å². The lowest BCUT2D eigenvalue weighted by Crippen LogP contribution is -2.32. The molecule has 0 radical (unpaired) electrons. The standard InChI is InChI=1S/C24H23N3O4/c1-29-23-12-19(11-20(14-26)24(28)27-15-21-3-2-10-30-21)8-9-22(23)31-16-18-6-4-17(13-25)5-7-18/h4-9,11-12,21H,2-3,10,15-16H2,1H3,(H,27,28)/b20-11+/t21-/m1/s1. The Hall–Kier alpha value is -3.81. The molecular formula is C24H23N3O4. The van der Waals surface area contributed by atoms with Crippen LogP contribution < -0.4 is 14.8 Å². The van der Waals surface area contributed by atoms with E-state index in [-0.39, 0.29) is 11.7 Å². The second kappa shape index (κ2) is 10.8. The van der Waals surface area contributed by atoms with Crippen molar-refractivity contribution in [2.45, 2.75) is 25.6 Å². The van der Waals surface area contributed by atoms with E-state index in [4.69, 9.17) is 19.5 Å². The molecule has 1 atom stereocenters. The highest BCUT2D eigenvalue weighted by Gasteiger charge is 2.17. The van der Waals surface area contributed by atoms with Crippen molar-refractivity contribution in [3.8, 4) is 23.6 Å². The van der Waals surface area contributed by atoms with Crippen molar-refractivity contribution in [1.29, 1.82) is 10.5 Å². The van der Waals surface area contributed by atoms with Crippen LogP contribution in [0.25, 0.3) is 6.08 Å². The third-order valence-electron chi connectivity index (χ3n) is 4.86. The predicted molar refractivity (Wildman–Crippen MR) is 114 cm³/mol. The van der Waals surface area contributed by atoms with Gasteiger partial charge in [0, 0.05) is 13.2 Å². The van der Waals surface area contributed by atoms with Crippen LogP contribution in [0.3, 0.4) is 0 Å². The van der Waals surface area contributed by atoms with Gasteiger partial charge in [-0.25, -0.2) is 0 Å². The molecule has 3 rings (SSSR count). The summed E-state index contributed by atoms with van der Waals surface area (Å²) in [6.45, 7) is 1.41. The van der Waals surface area contributed by atoms with Crippen molar-refractivity contribution in [2.24, 2.45) is 0 Å². The van der Waals surface area contributed by atoms with Crippen LogP contribution in [-0.2, 0) is 16.1 Å². The molecule has 0 spiro atoms. The van der Waals surface area contributed by atoms with Crippen LogP contribution in [0.4, 0.5) is 0 Å². The van der Waals surface area contributed by atoms with Gasteiger partial charge in [0.1, 0.15) is 18.2 Å². The predicted octanol–water partition coefficient (Wildman–Crippen LogP) is 3.35. The largest absolute Gasteiger partial charge is 0.493 e. The average molecular weight is 417 g/mol. The Morgan fingerprint density at radius 3 is 2.68 bits per heavy atom. The molecule has 0 aliphatic carbocycles. The number of methoxy groups -OCH3 is 1. The Morgan fingerprint density at radius 1 is 1.23 bits per heavy atom. The fraction of sp³-hybridized carbons (Fsp3) is 0.292. The molecule has 1 aliphatic heterocycles. The average Bonchev–Trinajstić information content (AvgIpc) is 3.34. The number of rotatable bonds is 8. The lowest BCUT2D eigenvalue weighted by molar-refractivity contribution is -0.117. The zero-order chi connectivity index (χ0) is 22.1. The molecule has 2 aromatic rings. The fourth-order valence-electron chi connectivity index (χ4n) is 3.15. The second-order valence-electron chi connectivity index (χ2n) is 7.02. The van der Waals surface area contributed by atoms with Crippen LogP contribution in [-0.4, -0.2) is 32.3 Å². The van der Waals surface area contributed by atoms with E-state index < -0.39 is 5.91 Å². The second-order valence-corrected chi connectivity index (χ2v) is 7.02. The Bertz CT molecular complexity index is 1030. The Balaban J connectivity index is 1.66. The lowest BCUT2D eigenvalue weighted by atomic mass is 10.1. The first-order valence-corrected chi connectivity index (χ1v) is 9.94. The fourth-order valence-corrected chi connectivity index (χ4v) is 3.15. The van der Waals surface area contributed by atoms with Crippen molar-refractivity contribution in [3.05, 3.63) is 64.7 Å². The number of carbonyl (C=O) groups is 1. The summed E-state index contributed by atoms with van der Waals surface area (Å²) in [6.07, 6.45) is 3.42. The zero-order valence-corrected chi connectivity index (χ0v) is 17.3. The van der Waals surface area contributed by atoms with E-state index >= 15 is 0 Å². The smallest absolute Gasteiger partial charge is 0.262 e. The Labute approximate surface area is 181 Å². The van der Waals surface area contributed by atoms with Crippen LogP contribution in [0.1, 0.15) is 29.5 Å². The number of benzene rings is 2. The monoisotopic (exact) mass is 417 g/mol. The Morgan fingerprint density at radius 2 is 2.03 bits per heavy atom. The molecule has 1 aliphatic rings. The highest BCUT2D eigenvalue weighted by atomic mass is 16.5. The summed E-state index contributed by atoms with van der Waals surface area (Å²) >= 11 is 0. The normalized spacial score (nSPS) is 15.6. The molecule has 1 fully saturated rings. The molecule has 0 bridgehead atoms. The summed E-state index contributed by atoms with van der Waals surface area (Å²) in [5, 5.41) is 21.0. The van der Waals surface area contributed by atoms with Gasteiger partial charge in [-0.05, 0) is 54.3 Å². The van der Waals surface area contributed by atoms with Gasteiger partial charge < -0.3 is 19.5 Å². The molecule has 0 aromatic heterocycles. The van der Waals surface area contributed by atoms with Crippen LogP contribution in [0.15, 0.2) is 48.0 Å². The van der Waals surface area contributed by atoms with E-state index in [1.165, 1.54) is 13.2 Å². The highest BCUT2D eigenvalue weighted by molar-refractivity contribution is 6.01. The van der Waals surface area contributed by atoms with E-state index in [0.29, 0.717) is 42.4 Å². The zero-order valence-electron chi connectivity index (χ0n) is 17.3. The minimum atomic E-state index is -0.432. The van der Waals surface area contributed by atoms with Crippen molar-refractivity contribution in [2.75, 3.05) is 20.3 Å². The van der Waals surface area contributed by atoms with Crippen LogP contribution in [0.5, 0.6) is 11.5 Å². The van der Waals surface area contributed by atoms with Gasteiger partial charge >= 0.3 is 0 Å². The molecule has 7 heteroatoms. The van der Waals surface area contributed by atoms with Gasteiger partial charge in [-0.1, -0.05) is 18.2 Å². The number of carbonyl (C=O) groups excluding carboxylic acids is 1. The van der Waals surface area contributed by atoms with Crippen LogP contribution in [0.2, 0.25) is 0 Å².